The summed E-state index contributed by atoms with van der Waals surface area (Å²) in [4.78, 5) is 12.6. The normalized spacial score (nSPS) is 11.1. The standard InChI is InChI=1S/C22H21ClN2O4S/c1-14-7-9-19(15(2)11-14)25-30(27,28)18-8-10-21(29-3)20(13-18)24-22(26)16-5-4-6-17(23)12-16/h4-13,25H,1-3H3,(H,24,26). The number of rotatable bonds is 6. The first kappa shape index (κ1) is 21.7. The van der Waals surface area contributed by atoms with Crippen molar-refractivity contribution in [3.05, 3.63) is 82.4 Å². The molecule has 3 aromatic carbocycles. The molecule has 0 saturated heterocycles. The first-order valence-electron chi connectivity index (χ1n) is 9.04. The Balaban J connectivity index is 1.92. The third-order valence-electron chi connectivity index (χ3n) is 4.44. The zero-order valence-corrected chi connectivity index (χ0v) is 18.3. The summed E-state index contributed by atoms with van der Waals surface area (Å²) >= 11 is 5.94. The minimum atomic E-state index is -3.88. The summed E-state index contributed by atoms with van der Waals surface area (Å²) in [6.07, 6.45) is 0. The smallest absolute Gasteiger partial charge is 0.261 e. The van der Waals surface area contributed by atoms with Crippen LogP contribution in [0.25, 0.3) is 0 Å². The highest BCUT2D eigenvalue weighted by atomic mass is 35.5. The molecular formula is C22H21ClN2O4S. The van der Waals surface area contributed by atoms with Gasteiger partial charge in [-0.05, 0) is 61.9 Å². The van der Waals surface area contributed by atoms with Crippen molar-refractivity contribution >= 4 is 38.9 Å². The molecule has 0 spiro atoms. The molecule has 0 saturated carbocycles. The van der Waals surface area contributed by atoms with E-state index in [0.717, 1.165) is 11.1 Å². The molecule has 156 valence electrons. The second-order valence-corrected chi connectivity index (χ2v) is 8.87. The summed E-state index contributed by atoms with van der Waals surface area (Å²) in [7, 11) is -2.44. The van der Waals surface area contributed by atoms with Crippen LogP contribution in [-0.2, 0) is 10.0 Å². The average molecular weight is 445 g/mol. The third kappa shape index (κ3) is 4.93. The molecule has 30 heavy (non-hydrogen) atoms. The Morgan fingerprint density at radius 3 is 2.40 bits per heavy atom. The van der Waals surface area contributed by atoms with Gasteiger partial charge in [-0.15, -0.1) is 0 Å². The third-order valence-corrected chi connectivity index (χ3v) is 6.04. The van der Waals surface area contributed by atoms with E-state index in [1.165, 1.54) is 31.4 Å². The van der Waals surface area contributed by atoms with Crippen LogP contribution < -0.4 is 14.8 Å². The van der Waals surface area contributed by atoms with Crippen LogP contribution in [0.4, 0.5) is 11.4 Å². The quantitative estimate of drug-likeness (QED) is 0.559. The maximum atomic E-state index is 12.9. The van der Waals surface area contributed by atoms with Crippen molar-refractivity contribution in [3.8, 4) is 5.75 Å². The van der Waals surface area contributed by atoms with Gasteiger partial charge in [0, 0.05) is 10.6 Å². The zero-order chi connectivity index (χ0) is 21.9. The van der Waals surface area contributed by atoms with E-state index in [4.69, 9.17) is 16.3 Å². The van der Waals surface area contributed by atoms with Crippen molar-refractivity contribution in [1.82, 2.24) is 0 Å². The number of hydrogen-bond acceptors (Lipinski definition) is 4. The van der Waals surface area contributed by atoms with Gasteiger partial charge >= 0.3 is 0 Å². The highest BCUT2D eigenvalue weighted by Crippen LogP contribution is 2.29. The number of hydrogen-bond donors (Lipinski definition) is 2. The molecule has 0 aliphatic carbocycles. The lowest BCUT2D eigenvalue weighted by Crippen LogP contribution is -2.16. The van der Waals surface area contributed by atoms with Crippen LogP contribution in [0.15, 0.2) is 65.6 Å². The Hall–Kier alpha value is -3.03. The second-order valence-electron chi connectivity index (χ2n) is 6.75. The maximum absolute atomic E-state index is 12.9. The number of carbonyl (C=O) groups is 1. The van der Waals surface area contributed by atoms with Gasteiger partial charge in [0.1, 0.15) is 5.75 Å². The minimum absolute atomic E-state index is 0.00957. The molecule has 6 nitrogen and oxygen atoms in total. The molecule has 0 aromatic heterocycles. The molecule has 0 fully saturated rings. The van der Waals surface area contributed by atoms with Gasteiger partial charge in [-0.1, -0.05) is 35.4 Å². The number of carbonyl (C=O) groups excluding carboxylic acids is 1. The molecule has 1 amide bonds. The second kappa shape index (κ2) is 8.77. The Kier molecular flexibility index (Phi) is 6.34. The molecule has 3 aromatic rings. The highest BCUT2D eigenvalue weighted by molar-refractivity contribution is 7.92. The summed E-state index contributed by atoms with van der Waals surface area (Å²) in [5.74, 6) is -0.108. The van der Waals surface area contributed by atoms with Gasteiger partial charge in [0.25, 0.3) is 15.9 Å². The number of amides is 1. The average Bonchev–Trinajstić information content (AvgIpc) is 2.70. The largest absolute Gasteiger partial charge is 0.495 e. The van der Waals surface area contributed by atoms with Gasteiger partial charge < -0.3 is 10.1 Å². The molecule has 3 rings (SSSR count). The Morgan fingerprint density at radius 1 is 0.967 bits per heavy atom. The molecule has 8 heteroatoms. The van der Waals surface area contributed by atoms with Crippen LogP contribution in [0.3, 0.4) is 0 Å². The minimum Gasteiger partial charge on any atom is -0.495 e. The number of nitrogens with one attached hydrogen (secondary N) is 2. The highest BCUT2D eigenvalue weighted by Gasteiger charge is 2.19. The van der Waals surface area contributed by atoms with Gasteiger partial charge in [-0.3, -0.25) is 9.52 Å². The van der Waals surface area contributed by atoms with E-state index < -0.39 is 15.9 Å². The SMILES string of the molecule is COc1ccc(S(=O)(=O)Nc2ccc(C)cc2C)cc1NC(=O)c1cccc(Cl)c1. The summed E-state index contributed by atoms with van der Waals surface area (Å²) in [6, 6.07) is 16.1. The number of methoxy groups -OCH3 is 1. The van der Waals surface area contributed by atoms with E-state index in [1.807, 2.05) is 26.0 Å². The molecule has 0 atom stereocenters. The summed E-state index contributed by atoms with van der Waals surface area (Å²) < 4.78 is 33.7. The van der Waals surface area contributed by atoms with Crippen molar-refractivity contribution < 1.29 is 17.9 Å². The predicted molar refractivity (Wildman–Crippen MR) is 119 cm³/mol. The number of benzene rings is 3. The van der Waals surface area contributed by atoms with Gasteiger partial charge in [0.15, 0.2) is 0 Å². The van der Waals surface area contributed by atoms with Crippen molar-refractivity contribution in [2.45, 2.75) is 18.7 Å². The number of ether oxygens (including phenoxy) is 1. The van der Waals surface area contributed by atoms with Crippen molar-refractivity contribution in [3.63, 3.8) is 0 Å². The molecule has 0 aliphatic heterocycles. The Bertz CT molecular complexity index is 1210. The topological polar surface area (TPSA) is 84.5 Å². The molecule has 2 N–H and O–H groups in total. The summed E-state index contributed by atoms with van der Waals surface area (Å²) in [5.41, 5.74) is 2.89. The lowest BCUT2D eigenvalue weighted by atomic mass is 10.1. The Labute approximate surface area is 180 Å². The maximum Gasteiger partial charge on any atom is 0.261 e. The molecule has 0 radical (unpaired) electrons. The van der Waals surface area contributed by atoms with Crippen LogP contribution >= 0.6 is 11.6 Å². The predicted octanol–water partition coefficient (Wildman–Crippen LogP) is 5.02. The van der Waals surface area contributed by atoms with Crippen molar-refractivity contribution in [2.24, 2.45) is 0 Å². The summed E-state index contributed by atoms with van der Waals surface area (Å²) in [5, 5.41) is 3.11. The fourth-order valence-corrected chi connectivity index (χ4v) is 4.25. The van der Waals surface area contributed by atoms with E-state index in [1.54, 1.807) is 24.3 Å². The van der Waals surface area contributed by atoms with Crippen LogP contribution in [0.2, 0.25) is 5.02 Å². The number of anilines is 2. The first-order chi connectivity index (χ1) is 14.2. The lowest BCUT2D eigenvalue weighted by molar-refractivity contribution is 0.102. The number of aryl methyl sites for hydroxylation is 2. The van der Waals surface area contributed by atoms with E-state index in [9.17, 15) is 13.2 Å². The number of halogens is 1. The zero-order valence-electron chi connectivity index (χ0n) is 16.7. The molecular weight excluding hydrogens is 424 g/mol. The molecule has 0 heterocycles. The molecule has 0 unspecified atom stereocenters. The first-order valence-corrected chi connectivity index (χ1v) is 10.9. The van der Waals surface area contributed by atoms with Crippen LogP contribution in [-0.4, -0.2) is 21.4 Å². The van der Waals surface area contributed by atoms with Gasteiger partial charge in [0.05, 0.1) is 23.4 Å². The van der Waals surface area contributed by atoms with Crippen molar-refractivity contribution in [1.29, 1.82) is 0 Å². The van der Waals surface area contributed by atoms with Crippen LogP contribution in [0.1, 0.15) is 21.5 Å². The van der Waals surface area contributed by atoms with E-state index in [0.29, 0.717) is 22.0 Å². The van der Waals surface area contributed by atoms with Crippen molar-refractivity contribution in [2.75, 3.05) is 17.1 Å². The van der Waals surface area contributed by atoms with Gasteiger partial charge in [0.2, 0.25) is 0 Å². The van der Waals surface area contributed by atoms with Crippen LogP contribution in [0, 0.1) is 13.8 Å². The molecule has 0 aliphatic rings. The van der Waals surface area contributed by atoms with Gasteiger partial charge in [-0.25, -0.2) is 8.42 Å². The van der Waals surface area contributed by atoms with E-state index >= 15 is 0 Å². The fraction of sp³-hybridized carbons (Fsp3) is 0.136. The Morgan fingerprint density at radius 2 is 1.73 bits per heavy atom. The van der Waals surface area contributed by atoms with Gasteiger partial charge in [-0.2, -0.15) is 0 Å². The summed E-state index contributed by atoms with van der Waals surface area (Å²) in [6.45, 7) is 3.76. The fourth-order valence-electron chi connectivity index (χ4n) is 2.91. The van der Waals surface area contributed by atoms with Crippen LogP contribution in [0.5, 0.6) is 5.75 Å². The monoisotopic (exact) mass is 444 g/mol. The van der Waals surface area contributed by atoms with E-state index in [-0.39, 0.29) is 10.6 Å². The molecule has 0 bridgehead atoms. The number of sulfonamides is 1. The van der Waals surface area contributed by atoms with E-state index in [2.05, 4.69) is 10.0 Å². The lowest BCUT2D eigenvalue weighted by Gasteiger charge is -2.14.